The van der Waals surface area contributed by atoms with Gasteiger partial charge in [0.25, 0.3) is 0 Å². The predicted molar refractivity (Wildman–Crippen MR) is 88.7 cm³/mol. The van der Waals surface area contributed by atoms with Crippen molar-refractivity contribution < 1.29 is 9.59 Å². The minimum absolute atomic E-state index is 0.327. The fourth-order valence-electron chi connectivity index (χ4n) is 1.77. The molecule has 1 aromatic carbocycles. The summed E-state index contributed by atoms with van der Waals surface area (Å²) in [5.74, 6) is 0.620. The first kappa shape index (κ1) is 15.9. The van der Waals surface area contributed by atoms with Crippen LogP contribution in [-0.2, 0) is 4.79 Å². The van der Waals surface area contributed by atoms with Gasteiger partial charge in [0.05, 0.1) is 6.54 Å². The van der Waals surface area contributed by atoms with Crippen LogP contribution >= 0.6 is 23.5 Å². The number of imide groups is 1. The van der Waals surface area contributed by atoms with Crippen molar-refractivity contribution in [2.24, 2.45) is 4.99 Å². The number of benzene rings is 1. The van der Waals surface area contributed by atoms with Crippen LogP contribution in [0.1, 0.15) is 17.7 Å². The van der Waals surface area contributed by atoms with Crippen molar-refractivity contribution in [1.82, 2.24) is 10.6 Å². The zero-order valence-corrected chi connectivity index (χ0v) is 13.3. The molecule has 1 aliphatic rings. The number of amides is 3. The van der Waals surface area contributed by atoms with Crippen LogP contribution in [0.2, 0.25) is 0 Å². The van der Waals surface area contributed by atoms with Crippen molar-refractivity contribution >= 4 is 39.8 Å². The second-order valence-electron chi connectivity index (χ2n) is 4.25. The lowest BCUT2D eigenvalue weighted by Gasteiger charge is -2.16. The van der Waals surface area contributed by atoms with Gasteiger partial charge < -0.3 is 5.32 Å². The van der Waals surface area contributed by atoms with Crippen LogP contribution < -0.4 is 10.6 Å². The Balaban J connectivity index is 2.11. The molecule has 1 aromatic rings. The number of hydrogen-bond acceptors (Lipinski definition) is 5. The average Bonchev–Trinajstić information content (AvgIpc) is 2.99. The van der Waals surface area contributed by atoms with Crippen molar-refractivity contribution in [3.63, 3.8) is 0 Å². The predicted octanol–water partition coefficient (Wildman–Crippen LogP) is 2.41. The van der Waals surface area contributed by atoms with Crippen molar-refractivity contribution in [2.45, 2.75) is 12.2 Å². The van der Waals surface area contributed by atoms with E-state index >= 15 is 0 Å². The summed E-state index contributed by atoms with van der Waals surface area (Å²) in [4.78, 5) is 28.3. The van der Waals surface area contributed by atoms with Crippen LogP contribution in [0.15, 0.2) is 35.3 Å². The molecule has 112 valence electrons. The fraction of sp³-hybridized carbons (Fsp3) is 0.357. The quantitative estimate of drug-likeness (QED) is 0.893. The van der Waals surface area contributed by atoms with Crippen molar-refractivity contribution in [1.29, 1.82) is 0 Å². The SMILES string of the molecule is CCNC(=O)NC(=O)[C@@H](SC1=NCCS1)c1ccccc1. The zero-order valence-electron chi connectivity index (χ0n) is 11.7. The lowest BCUT2D eigenvalue weighted by molar-refractivity contribution is -0.119. The van der Waals surface area contributed by atoms with Crippen molar-refractivity contribution in [2.75, 3.05) is 18.8 Å². The van der Waals surface area contributed by atoms with Crippen molar-refractivity contribution in [3.05, 3.63) is 35.9 Å². The topological polar surface area (TPSA) is 70.6 Å². The fourth-order valence-corrected chi connectivity index (χ4v) is 3.95. The van der Waals surface area contributed by atoms with Crippen LogP contribution in [0.5, 0.6) is 0 Å². The summed E-state index contributed by atoms with van der Waals surface area (Å²) in [6.45, 7) is 3.06. The molecule has 0 bridgehead atoms. The maximum absolute atomic E-state index is 12.4. The highest BCUT2D eigenvalue weighted by Crippen LogP contribution is 2.35. The molecule has 0 aromatic heterocycles. The Bertz CT molecular complexity index is 534. The van der Waals surface area contributed by atoms with Gasteiger partial charge in [0.2, 0.25) is 5.91 Å². The highest BCUT2D eigenvalue weighted by Gasteiger charge is 2.26. The molecule has 2 rings (SSSR count). The number of carbonyl (C=O) groups excluding carboxylic acids is 2. The molecule has 1 heterocycles. The molecule has 5 nitrogen and oxygen atoms in total. The molecule has 3 amide bonds. The van der Waals surface area contributed by atoms with E-state index in [1.54, 1.807) is 18.7 Å². The van der Waals surface area contributed by atoms with Gasteiger partial charge in [-0.3, -0.25) is 15.1 Å². The highest BCUT2D eigenvalue weighted by molar-refractivity contribution is 8.39. The summed E-state index contributed by atoms with van der Waals surface area (Å²) < 4.78 is 0.898. The maximum Gasteiger partial charge on any atom is 0.321 e. The van der Waals surface area contributed by atoms with Gasteiger partial charge in [-0.05, 0) is 12.5 Å². The Hall–Kier alpha value is -1.47. The molecule has 0 saturated heterocycles. The van der Waals surface area contributed by atoms with E-state index in [1.165, 1.54) is 11.8 Å². The molecule has 2 N–H and O–H groups in total. The third kappa shape index (κ3) is 4.78. The summed E-state index contributed by atoms with van der Waals surface area (Å²) in [6.07, 6.45) is 0. The van der Waals surface area contributed by atoms with Gasteiger partial charge in [0.1, 0.15) is 9.63 Å². The van der Waals surface area contributed by atoms with E-state index in [0.29, 0.717) is 6.54 Å². The minimum Gasteiger partial charge on any atom is -0.338 e. The molecule has 0 radical (unpaired) electrons. The molecule has 0 unspecified atom stereocenters. The van der Waals surface area contributed by atoms with Crippen LogP contribution in [0, 0.1) is 0 Å². The monoisotopic (exact) mass is 323 g/mol. The molecule has 0 spiro atoms. The van der Waals surface area contributed by atoms with Gasteiger partial charge in [-0.2, -0.15) is 0 Å². The normalized spacial score (nSPS) is 15.2. The molecule has 7 heteroatoms. The first-order chi connectivity index (χ1) is 10.2. The Labute approximate surface area is 132 Å². The summed E-state index contributed by atoms with van der Waals surface area (Å²) in [7, 11) is 0. The standard InChI is InChI=1S/C14H17N3O2S2/c1-2-15-13(19)17-12(18)11(10-6-4-3-5-7-10)21-14-16-8-9-20-14/h3-7,11H,2,8-9H2,1H3,(H2,15,17,18,19)/t11-/m0/s1. The first-order valence-electron chi connectivity index (χ1n) is 6.68. The molecule has 0 saturated carbocycles. The molecular formula is C14H17N3O2S2. The summed E-state index contributed by atoms with van der Waals surface area (Å²) in [5.41, 5.74) is 0.861. The first-order valence-corrected chi connectivity index (χ1v) is 8.54. The van der Waals surface area contributed by atoms with E-state index in [2.05, 4.69) is 15.6 Å². The number of hydrogen-bond donors (Lipinski definition) is 2. The van der Waals surface area contributed by atoms with Gasteiger partial charge in [0, 0.05) is 12.3 Å². The van der Waals surface area contributed by atoms with Gasteiger partial charge in [0.15, 0.2) is 0 Å². The number of carbonyl (C=O) groups is 2. The lowest BCUT2D eigenvalue weighted by atomic mass is 10.1. The van der Waals surface area contributed by atoms with Gasteiger partial charge in [-0.25, -0.2) is 4.79 Å². The zero-order chi connectivity index (χ0) is 15.1. The summed E-state index contributed by atoms with van der Waals surface area (Å²) in [5, 5.41) is 4.47. The van der Waals surface area contributed by atoms with Gasteiger partial charge in [-0.15, -0.1) is 0 Å². The lowest BCUT2D eigenvalue weighted by Crippen LogP contribution is -2.41. The molecule has 0 fully saturated rings. The molecule has 1 aliphatic heterocycles. The highest BCUT2D eigenvalue weighted by atomic mass is 32.2. The maximum atomic E-state index is 12.4. The van der Waals surface area contributed by atoms with Crippen LogP contribution in [0.25, 0.3) is 0 Å². The Morgan fingerprint density at radius 2 is 2.14 bits per heavy atom. The van der Waals surface area contributed by atoms with E-state index in [-0.39, 0.29) is 5.91 Å². The summed E-state index contributed by atoms with van der Waals surface area (Å²) >= 11 is 3.04. The van der Waals surface area contributed by atoms with Crippen LogP contribution in [-0.4, -0.2) is 35.2 Å². The van der Waals surface area contributed by atoms with E-state index in [1.807, 2.05) is 30.3 Å². The number of thioether (sulfide) groups is 2. The third-order valence-electron chi connectivity index (χ3n) is 2.69. The largest absolute Gasteiger partial charge is 0.338 e. The number of urea groups is 1. The number of nitrogens with zero attached hydrogens (tertiary/aromatic N) is 1. The Morgan fingerprint density at radius 3 is 2.76 bits per heavy atom. The van der Waals surface area contributed by atoms with Gasteiger partial charge in [-0.1, -0.05) is 53.9 Å². The van der Waals surface area contributed by atoms with E-state index < -0.39 is 11.3 Å². The number of rotatable bonds is 4. The Morgan fingerprint density at radius 1 is 1.38 bits per heavy atom. The van der Waals surface area contributed by atoms with Crippen LogP contribution in [0.4, 0.5) is 4.79 Å². The Kier molecular flexibility index (Phi) is 6.13. The van der Waals surface area contributed by atoms with E-state index in [4.69, 9.17) is 0 Å². The summed E-state index contributed by atoms with van der Waals surface area (Å²) in [6, 6.07) is 8.96. The molecular weight excluding hydrogens is 306 g/mol. The van der Waals surface area contributed by atoms with E-state index in [0.717, 1.165) is 22.2 Å². The second-order valence-corrected chi connectivity index (χ2v) is 6.69. The molecule has 0 aliphatic carbocycles. The van der Waals surface area contributed by atoms with Gasteiger partial charge >= 0.3 is 6.03 Å². The van der Waals surface area contributed by atoms with Crippen molar-refractivity contribution in [3.8, 4) is 0 Å². The second kappa shape index (κ2) is 8.09. The number of nitrogens with one attached hydrogen (secondary N) is 2. The third-order valence-corrected chi connectivity index (χ3v) is 5.15. The van der Waals surface area contributed by atoms with Crippen LogP contribution in [0.3, 0.4) is 0 Å². The smallest absolute Gasteiger partial charge is 0.321 e. The number of aliphatic imine (C=N–C) groups is 1. The molecule has 1 atom stereocenters. The van der Waals surface area contributed by atoms with E-state index in [9.17, 15) is 9.59 Å². The average molecular weight is 323 g/mol. The minimum atomic E-state index is -0.474. The molecule has 21 heavy (non-hydrogen) atoms.